The second kappa shape index (κ2) is 8.80. The van der Waals surface area contributed by atoms with Crippen molar-refractivity contribution < 1.29 is 18.0 Å². The number of rotatable bonds is 6. The van der Waals surface area contributed by atoms with Crippen LogP contribution in [0.1, 0.15) is 18.5 Å². The first-order valence-electron chi connectivity index (χ1n) is 6.53. The average molecular weight is 337 g/mol. The summed E-state index contributed by atoms with van der Waals surface area (Å²) in [5.41, 5.74) is 6.69. The van der Waals surface area contributed by atoms with Crippen molar-refractivity contribution >= 4 is 18.3 Å². The van der Waals surface area contributed by atoms with Crippen LogP contribution >= 0.6 is 12.4 Å². The van der Waals surface area contributed by atoms with Gasteiger partial charge in [-0.25, -0.2) is 0 Å². The average Bonchev–Trinajstić information content (AvgIpc) is 2.44. The SMILES string of the molecule is C=CCN(CC(F)(F)F)C(=O)C(C)C(N)c1ccccc1.Cl. The molecule has 2 atom stereocenters. The van der Waals surface area contributed by atoms with Gasteiger partial charge in [-0.15, -0.1) is 19.0 Å². The van der Waals surface area contributed by atoms with Crippen LogP contribution in [0.2, 0.25) is 0 Å². The molecule has 0 radical (unpaired) electrons. The number of hydrogen-bond acceptors (Lipinski definition) is 2. The maximum atomic E-state index is 12.5. The van der Waals surface area contributed by atoms with Gasteiger partial charge in [-0.1, -0.05) is 43.3 Å². The van der Waals surface area contributed by atoms with E-state index in [4.69, 9.17) is 5.73 Å². The molecule has 1 aromatic rings. The Balaban J connectivity index is 0.00000441. The van der Waals surface area contributed by atoms with Crippen molar-refractivity contribution in [2.45, 2.75) is 19.1 Å². The van der Waals surface area contributed by atoms with Crippen LogP contribution in [0.5, 0.6) is 0 Å². The highest BCUT2D eigenvalue weighted by Gasteiger charge is 2.35. The molecule has 1 aromatic carbocycles. The molecule has 0 bridgehead atoms. The molecule has 0 spiro atoms. The Morgan fingerprint density at radius 2 is 1.91 bits per heavy atom. The molecular weight excluding hydrogens is 317 g/mol. The van der Waals surface area contributed by atoms with Crippen LogP contribution < -0.4 is 5.73 Å². The molecule has 2 N–H and O–H groups in total. The number of hydrogen-bond donors (Lipinski definition) is 1. The standard InChI is InChI=1S/C15H19F3N2O.ClH/c1-3-9-20(10-15(16,17)18)14(21)11(2)13(19)12-7-5-4-6-8-12;/h3-8,11,13H,1,9-10,19H2,2H3;1H. The van der Waals surface area contributed by atoms with Gasteiger partial charge in [-0.05, 0) is 5.56 Å². The number of nitrogens with zero attached hydrogens (tertiary/aromatic N) is 1. The van der Waals surface area contributed by atoms with Gasteiger partial charge in [0, 0.05) is 12.6 Å². The predicted octanol–water partition coefficient (Wildman–Crippen LogP) is 3.32. The molecule has 0 fully saturated rings. The molecule has 124 valence electrons. The van der Waals surface area contributed by atoms with E-state index in [1.807, 2.05) is 0 Å². The molecule has 22 heavy (non-hydrogen) atoms. The highest BCUT2D eigenvalue weighted by molar-refractivity contribution is 5.85. The monoisotopic (exact) mass is 336 g/mol. The molecule has 0 saturated carbocycles. The first-order chi connectivity index (χ1) is 9.76. The minimum absolute atomic E-state index is 0. The second-order valence-corrected chi connectivity index (χ2v) is 4.85. The molecule has 3 nitrogen and oxygen atoms in total. The number of benzene rings is 1. The molecule has 1 amide bonds. The fraction of sp³-hybridized carbons (Fsp3) is 0.400. The van der Waals surface area contributed by atoms with Crippen molar-refractivity contribution in [3.63, 3.8) is 0 Å². The first-order valence-corrected chi connectivity index (χ1v) is 6.53. The summed E-state index contributed by atoms with van der Waals surface area (Å²) in [6, 6.07) is 8.18. The maximum absolute atomic E-state index is 12.5. The van der Waals surface area contributed by atoms with Gasteiger partial charge in [-0.3, -0.25) is 4.79 Å². The van der Waals surface area contributed by atoms with E-state index in [1.165, 1.54) is 13.0 Å². The number of nitrogens with two attached hydrogens (primary N) is 1. The minimum Gasteiger partial charge on any atom is -0.330 e. The van der Waals surface area contributed by atoms with E-state index >= 15 is 0 Å². The minimum atomic E-state index is -4.45. The van der Waals surface area contributed by atoms with E-state index < -0.39 is 30.6 Å². The molecule has 0 aliphatic heterocycles. The molecule has 0 saturated heterocycles. The zero-order valence-electron chi connectivity index (χ0n) is 12.2. The van der Waals surface area contributed by atoms with Crippen LogP contribution in [0.3, 0.4) is 0 Å². The van der Waals surface area contributed by atoms with Gasteiger partial charge in [0.05, 0.1) is 5.92 Å². The first kappa shape index (κ1) is 20.5. The van der Waals surface area contributed by atoms with Crippen molar-refractivity contribution in [1.82, 2.24) is 4.90 Å². The van der Waals surface area contributed by atoms with E-state index in [0.717, 1.165) is 4.90 Å². The van der Waals surface area contributed by atoms with Crippen LogP contribution in [-0.2, 0) is 4.79 Å². The lowest BCUT2D eigenvalue weighted by Gasteiger charge is -2.28. The van der Waals surface area contributed by atoms with Gasteiger partial charge in [0.25, 0.3) is 0 Å². The largest absolute Gasteiger partial charge is 0.406 e. The van der Waals surface area contributed by atoms with E-state index in [1.54, 1.807) is 30.3 Å². The number of alkyl halides is 3. The molecule has 2 unspecified atom stereocenters. The van der Waals surface area contributed by atoms with Crippen LogP contribution in [0.15, 0.2) is 43.0 Å². The van der Waals surface area contributed by atoms with E-state index in [2.05, 4.69) is 6.58 Å². The summed E-state index contributed by atoms with van der Waals surface area (Å²) in [4.78, 5) is 12.9. The molecule has 0 aliphatic rings. The third-order valence-corrected chi connectivity index (χ3v) is 3.14. The Labute approximate surface area is 134 Å². The summed E-state index contributed by atoms with van der Waals surface area (Å²) in [6.07, 6.45) is -3.18. The highest BCUT2D eigenvalue weighted by Crippen LogP contribution is 2.23. The van der Waals surface area contributed by atoms with Crippen LogP contribution in [0.4, 0.5) is 13.2 Å². The van der Waals surface area contributed by atoms with E-state index in [9.17, 15) is 18.0 Å². The van der Waals surface area contributed by atoms with Crippen molar-refractivity contribution in [2.24, 2.45) is 11.7 Å². The van der Waals surface area contributed by atoms with Crippen molar-refractivity contribution in [3.05, 3.63) is 48.6 Å². The molecular formula is C15H20ClF3N2O. The zero-order valence-corrected chi connectivity index (χ0v) is 13.0. The van der Waals surface area contributed by atoms with Crippen molar-refractivity contribution in [3.8, 4) is 0 Å². The van der Waals surface area contributed by atoms with Crippen LogP contribution in [0.25, 0.3) is 0 Å². The third kappa shape index (κ3) is 6.07. The molecule has 1 rings (SSSR count). The second-order valence-electron chi connectivity index (χ2n) is 4.85. The fourth-order valence-corrected chi connectivity index (χ4v) is 2.01. The maximum Gasteiger partial charge on any atom is 0.406 e. The summed E-state index contributed by atoms with van der Waals surface area (Å²) in [6.45, 7) is 3.45. The van der Waals surface area contributed by atoms with Crippen molar-refractivity contribution in [2.75, 3.05) is 13.1 Å². The Kier molecular flexibility index (Phi) is 8.19. The quantitative estimate of drug-likeness (QED) is 0.810. The van der Waals surface area contributed by atoms with Gasteiger partial charge >= 0.3 is 6.18 Å². The van der Waals surface area contributed by atoms with E-state index in [0.29, 0.717) is 5.56 Å². The Morgan fingerprint density at radius 1 is 1.36 bits per heavy atom. The van der Waals surface area contributed by atoms with Crippen LogP contribution in [-0.4, -0.2) is 30.1 Å². The molecule has 0 aliphatic carbocycles. The summed E-state index contributed by atoms with van der Waals surface area (Å²) < 4.78 is 37.6. The number of amides is 1. The van der Waals surface area contributed by atoms with Gasteiger partial charge in [0.15, 0.2) is 0 Å². The van der Waals surface area contributed by atoms with Gasteiger partial charge < -0.3 is 10.6 Å². The third-order valence-electron chi connectivity index (χ3n) is 3.14. The summed E-state index contributed by atoms with van der Waals surface area (Å²) in [5.74, 6) is -1.39. The highest BCUT2D eigenvalue weighted by atomic mass is 35.5. The number of halogens is 4. The van der Waals surface area contributed by atoms with Crippen LogP contribution in [0, 0.1) is 5.92 Å². The lowest BCUT2D eigenvalue weighted by Crippen LogP contribution is -2.44. The Morgan fingerprint density at radius 3 is 2.36 bits per heavy atom. The topological polar surface area (TPSA) is 46.3 Å². The number of carbonyl (C=O) groups excluding carboxylic acids is 1. The summed E-state index contributed by atoms with van der Waals surface area (Å²) >= 11 is 0. The van der Waals surface area contributed by atoms with Gasteiger partial charge in [-0.2, -0.15) is 13.2 Å². The lowest BCUT2D eigenvalue weighted by atomic mass is 9.94. The summed E-state index contributed by atoms with van der Waals surface area (Å²) in [5, 5.41) is 0. The Hall–Kier alpha value is -1.53. The van der Waals surface area contributed by atoms with Gasteiger partial charge in [0.2, 0.25) is 5.91 Å². The molecule has 7 heteroatoms. The smallest absolute Gasteiger partial charge is 0.330 e. The summed E-state index contributed by atoms with van der Waals surface area (Å²) in [7, 11) is 0. The fourth-order valence-electron chi connectivity index (χ4n) is 2.01. The zero-order chi connectivity index (χ0) is 16.0. The normalized spacial score (nSPS) is 13.7. The Bertz CT molecular complexity index is 479. The van der Waals surface area contributed by atoms with Crippen molar-refractivity contribution in [1.29, 1.82) is 0 Å². The van der Waals surface area contributed by atoms with E-state index in [-0.39, 0.29) is 19.0 Å². The molecule has 0 heterocycles. The van der Waals surface area contributed by atoms with Gasteiger partial charge in [0.1, 0.15) is 6.54 Å². The predicted molar refractivity (Wildman–Crippen MR) is 82.6 cm³/mol. The molecule has 0 aromatic heterocycles. The number of carbonyl (C=O) groups is 1. The lowest BCUT2D eigenvalue weighted by molar-refractivity contribution is -0.162.